The lowest BCUT2D eigenvalue weighted by Crippen LogP contribution is -2.47. The number of carbonyl (C=O) groups is 2. The van der Waals surface area contributed by atoms with E-state index in [0.717, 1.165) is 5.56 Å². The Hall–Kier alpha value is -2.31. The van der Waals surface area contributed by atoms with Crippen LogP contribution in [0.15, 0.2) is 24.3 Å². The van der Waals surface area contributed by atoms with Crippen molar-refractivity contribution < 1.29 is 18.7 Å². The zero-order chi connectivity index (χ0) is 13.4. The monoisotopic (exact) mass is 255 g/mol. The number of hydrogen-bond donors (Lipinski definition) is 3. The first-order valence-electron chi connectivity index (χ1n) is 5.24. The van der Waals surface area contributed by atoms with Crippen molar-refractivity contribution >= 4 is 12.1 Å². The molecule has 0 aliphatic rings. The number of carbonyl (C=O) groups excluding carboxylic acids is 2. The zero-order valence-electron chi connectivity index (χ0n) is 9.83. The number of hydrogen-bond acceptors (Lipinski definition) is 3. The topological polar surface area (TPSA) is 79.5 Å². The number of amides is 3. The molecule has 98 valence electrons. The summed E-state index contributed by atoms with van der Waals surface area (Å²) >= 11 is 0. The largest absolute Gasteiger partial charge is 0.452 e. The maximum Gasteiger partial charge on any atom is 0.425 e. The summed E-state index contributed by atoms with van der Waals surface area (Å²) in [4.78, 5) is 21.8. The summed E-state index contributed by atoms with van der Waals surface area (Å²) in [5.41, 5.74) is 5.01. The number of ether oxygens (including phenoxy) is 1. The molecular weight excluding hydrogens is 241 g/mol. The van der Waals surface area contributed by atoms with E-state index in [2.05, 4.69) is 15.5 Å². The Labute approximate surface area is 103 Å². The van der Waals surface area contributed by atoms with E-state index in [0.29, 0.717) is 13.0 Å². The SMILES string of the molecule is COC(=O)NNC(=O)NCCc1ccc(F)cc1. The highest BCUT2D eigenvalue weighted by atomic mass is 19.1. The zero-order valence-corrected chi connectivity index (χ0v) is 9.83. The van der Waals surface area contributed by atoms with Crippen LogP contribution in [-0.4, -0.2) is 25.8 Å². The fourth-order valence-corrected chi connectivity index (χ4v) is 1.17. The van der Waals surface area contributed by atoms with Crippen molar-refractivity contribution in [2.75, 3.05) is 13.7 Å². The first-order chi connectivity index (χ1) is 8.61. The molecule has 0 unspecified atom stereocenters. The molecule has 6 nitrogen and oxygen atoms in total. The van der Waals surface area contributed by atoms with Gasteiger partial charge in [0.2, 0.25) is 0 Å². The van der Waals surface area contributed by atoms with E-state index in [1.165, 1.54) is 19.2 Å². The Morgan fingerprint density at radius 2 is 1.89 bits per heavy atom. The van der Waals surface area contributed by atoms with Crippen LogP contribution in [0, 0.1) is 5.82 Å². The van der Waals surface area contributed by atoms with E-state index in [1.807, 2.05) is 5.43 Å². The minimum Gasteiger partial charge on any atom is -0.452 e. The van der Waals surface area contributed by atoms with E-state index in [9.17, 15) is 14.0 Å². The van der Waals surface area contributed by atoms with E-state index >= 15 is 0 Å². The molecule has 0 saturated heterocycles. The molecule has 0 heterocycles. The quantitative estimate of drug-likeness (QED) is 0.703. The van der Waals surface area contributed by atoms with Crippen LogP contribution in [0.4, 0.5) is 14.0 Å². The smallest absolute Gasteiger partial charge is 0.425 e. The van der Waals surface area contributed by atoms with E-state index in [1.54, 1.807) is 12.1 Å². The van der Waals surface area contributed by atoms with E-state index in [-0.39, 0.29) is 5.82 Å². The Balaban J connectivity index is 2.19. The van der Waals surface area contributed by atoms with Crippen LogP contribution in [0.3, 0.4) is 0 Å². The van der Waals surface area contributed by atoms with Crippen LogP contribution in [-0.2, 0) is 11.2 Å². The van der Waals surface area contributed by atoms with Crippen LogP contribution in [0.5, 0.6) is 0 Å². The maximum atomic E-state index is 12.6. The average molecular weight is 255 g/mol. The lowest BCUT2D eigenvalue weighted by molar-refractivity contribution is 0.165. The van der Waals surface area contributed by atoms with Gasteiger partial charge in [-0.05, 0) is 24.1 Å². The highest BCUT2D eigenvalue weighted by Gasteiger charge is 2.02. The van der Waals surface area contributed by atoms with Crippen LogP contribution < -0.4 is 16.2 Å². The molecule has 7 heteroatoms. The van der Waals surface area contributed by atoms with Gasteiger partial charge in [0.1, 0.15) is 5.82 Å². The van der Waals surface area contributed by atoms with Gasteiger partial charge in [-0.1, -0.05) is 12.1 Å². The molecule has 1 rings (SSSR count). The molecule has 0 fully saturated rings. The van der Waals surface area contributed by atoms with Crippen molar-refractivity contribution in [3.63, 3.8) is 0 Å². The third-order valence-electron chi connectivity index (χ3n) is 2.08. The van der Waals surface area contributed by atoms with Gasteiger partial charge in [0.05, 0.1) is 7.11 Å². The predicted octanol–water partition coefficient (Wildman–Crippen LogP) is 0.938. The first-order valence-corrected chi connectivity index (χ1v) is 5.24. The summed E-state index contributed by atoms with van der Waals surface area (Å²) in [6.45, 7) is 0.361. The van der Waals surface area contributed by atoms with Gasteiger partial charge in [-0.3, -0.25) is 0 Å². The second-order valence-corrected chi connectivity index (χ2v) is 3.37. The number of halogens is 1. The summed E-state index contributed by atoms with van der Waals surface area (Å²) < 4.78 is 16.9. The highest BCUT2D eigenvalue weighted by Crippen LogP contribution is 2.02. The van der Waals surface area contributed by atoms with Gasteiger partial charge < -0.3 is 10.1 Å². The minimum atomic E-state index is -0.760. The summed E-state index contributed by atoms with van der Waals surface area (Å²) in [5, 5.41) is 2.51. The number of benzene rings is 1. The molecule has 1 aromatic rings. The third-order valence-corrected chi connectivity index (χ3v) is 2.08. The van der Waals surface area contributed by atoms with E-state index < -0.39 is 12.1 Å². The predicted molar refractivity (Wildman–Crippen MR) is 62.2 cm³/mol. The van der Waals surface area contributed by atoms with Gasteiger partial charge in [-0.2, -0.15) is 0 Å². The van der Waals surface area contributed by atoms with Crippen LogP contribution in [0.2, 0.25) is 0 Å². The lowest BCUT2D eigenvalue weighted by Gasteiger charge is -2.07. The lowest BCUT2D eigenvalue weighted by atomic mass is 10.1. The third kappa shape index (κ3) is 5.15. The Morgan fingerprint density at radius 1 is 1.22 bits per heavy atom. The molecule has 0 saturated carbocycles. The summed E-state index contributed by atoms with van der Waals surface area (Å²) in [6, 6.07) is 5.44. The molecule has 0 bridgehead atoms. The molecule has 0 spiro atoms. The fraction of sp³-hybridized carbons (Fsp3) is 0.273. The van der Waals surface area contributed by atoms with Gasteiger partial charge in [0.15, 0.2) is 0 Å². The van der Waals surface area contributed by atoms with Crippen molar-refractivity contribution in [1.82, 2.24) is 16.2 Å². The fourth-order valence-electron chi connectivity index (χ4n) is 1.17. The molecule has 1 aromatic carbocycles. The molecule has 0 radical (unpaired) electrons. The van der Waals surface area contributed by atoms with Crippen LogP contribution in [0.25, 0.3) is 0 Å². The molecular formula is C11H14FN3O3. The van der Waals surface area contributed by atoms with Gasteiger partial charge >= 0.3 is 12.1 Å². The van der Waals surface area contributed by atoms with Gasteiger partial charge in [0.25, 0.3) is 0 Å². The summed E-state index contributed by atoms with van der Waals surface area (Å²) in [5.74, 6) is -0.299. The second kappa shape index (κ2) is 7.10. The molecule has 0 atom stereocenters. The normalized spacial score (nSPS) is 9.44. The molecule has 3 N–H and O–H groups in total. The Bertz CT molecular complexity index is 408. The van der Waals surface area contributed by atoms with Gasteiger partial charge in [-0.15, -0.1) is 0 Å². The number of methoxy groups -OCH3 is 1. The standard InChI is InChI=1S/C11H14FN3O3/c1-18-11(17)15-14-10(16)13-7-6-8-2-4-9(12)5-3-8/h2-5H,6-7H2,1H3,(H,15,17)(H2,13,14,16). The average Bonchev–Trinajstić information content (AvgIpc) is 2.38. The van der Waals surface area contributed by atoms with Gasteiger partial charge in [-0.25, -0.2) is 24.8 Å². The molecule has 0 aromatic heterocycles. The molecule has 0 aliphatic carbocycles. The van der Waals surface area contributed by atoms with Crippen molar-refractivity contribution in [3.05, 3.63) is 35.6 Å². The summed E-state index contributed by atoms with van der Waals surface area (Å²) in [7, 11) is 1.18. The highest BCUT2D eigenvalue weighted by molar-refractivity contribution is 5.77. The number of hydrazine groups is 1. The first kappa shape index (κ1) is 13.8. The van der Waals surface area contributed by atoms with Crippen molar-refractivity contribution in [3.8, 4) is 0 Å². The maximum absolute atomic E-state index is 12.6. The van der Waals surface area contributed by atoms with Gasteiger partial charge in [0, 0.05) is 6.54 Å². The summed E-state index contributed by atoms with van der Waals surface area (Å²) in [6.07, 6.45) is -0.199. The molecule has 3 amide bonds. The van der Waals surface area contributed by atoms with E-state index in [4.69, 9.17) is 0 Å². The van der Waals surface area contributed by atoms with Crippen molar-refractivity contribution in [2.45, 2.75) is 6.42 Å². The van der Waals surface area contributed by atoms with Crippen LogP contribution in [0.1, 0.15) is 5.56 Å². The number of nitrogens with one attached hydrogen (secondary N) is 3. The second-order valence-electron chi connectivity index (χ2n) is 3.37. The Kier molecular flexibility index (Phi) is 5.43. The molecule has 0 aliphatic heterocycles. The van der Waals surface area contributed by atoms with Crippen molar-refractivity contribution in [1.29, 1.82) is 0 Å². The van der Waals surface area contributed by atoms with Crippen molar-refractivity contribution in [2.24, 2.45) is 0 Å². The van der Waals surface area contributed by atoms with Crippen LogP contribution >= 0.6 is 0 Å². The molecule has 18 heavy (non-hydrogen) atoms. The number of urea groups is 1. The number of rotatable bonds is 3. The minimum absolute atomic E-state index is 0.299. The Morgan fingerprint density at radius 3 is 2.50 bits per heavy atom.